The van der Waals surface area contributed by atoms with Crippen molar-refractivity contribution < 1.29 is 4.79 Å². The molecule has 0 N–H and O–H groups in total. The minimum atomic E-state index is 0.193. The molecule has 0 aliphatic carbocycles. The Bertz CT molecular complexity index is 905. The molecule has 2 aromatic carbocycles. The third kappa shape index (κ3) is 3.26. The lowest BCUT2D eigenvalue weighted by Gasteiger charge is -2.26. The number of carbonyl (C=O) groups is 1. The van der Waals surface area contributed by atoms with E-state index >= 15 is 0 Å². The van der Waals surface area contributed by atoms with Crippen LogP contribution in [-0.4, -0.2) is 28.5 Å². The fourth-order valence-electron chi connectivity index (χ4n) is 4.06. The third-order valence-electron chi connectivity index (χ3n) is 5.46. The quantitative estimate of drug-likeness (QED) is 0.665. The van der Waals surface area contributed by atoms with Crippen LogP contribution in [0.5, 0.6) is 0 Å². The average Bonchev–Trinajstić information content (AvgIpc) is 3.07. The monoisotopic (exact) mass is 346 g/mol. The second kappa shape index (κ2) is 7.36. The van der Waals surface area contributed by atoms with Crippen molar-refractivity contribution in [3.8, 4) is 0 Å². The van der Waals surface area contributed by atoms with E-state index < -0.39 is 0 Å². The number of hydrogen-bond acceptors (Lipinski definition) is 1. The summed E-state index contributed by atoms with van der Waals surface area (Å²) in [5.74, 6) is 0.193. The summed E-state index contributed by atoms with van der Waals surface area (Å²) in [4.78, 5) is 15.2. The Hall–Kier alpha value is -2.55. The van der Waals surface area contributed by atoms with Crippen LogP contribution in [0.25, 0.3) is 10.9 Å². The van der Waals surface area contributed by atoms with Gasteiger partial charge < -0.3 is 9.47 Å². The molecule has 0 bridgehead atoms. The van der Waals surface area contributed by atoms with Crippen molar-refractivity contribution in [3.05, 3.63) is 71.4 Å². The number of amides is 1. The lowest BCUT2D eigenvalue weighted by atomic mass is 10.1. The molecule has 3 aromatic rings. The molecule has 26 heavy (non-hydrogen) atoms. The zero-order chi connectivity index (χ0) is 17.9. The topological polar surface area (TPSA) is 25.2 Å². The SMILES string of the molecule is Cc1cccc2c(C(=O)N3CCCCC3)cn(CCc3ccccc3)c12. The Morgan fingerprint density at radius 1 is 0.962 bits per heavy atom. The zero-order valence-electron chi connectivity index (χ0n) is 15.4. The van der Waals surface area contributed by atoms with Crippen molar-refractivity contribution in [2.45, 2.75) is 39.2 Å². The van der Waals surface area contributed by atoms with Gasteiger partial charge in [0.05, 0.1) is 11.1 Å². The number of benzene rings is 2. The van der Waals surface area contributed by atoms with Crippen molar-refractivity contribution >= 4 is 16.8 Å². The molecule has 0 saturated carbocycles. The fraction of sp³-hybridized carbons (Fsp3) is 0.348. The number of para-hydroxylation sites is 1. The molecule has 134 valence electrons. The van der Waals surface area contributed by atoms with Crippen molar-refractivity contribution in [2.24, 2.45) is 0 Å². The molecular weight excluding hydrogens is 320 g/mol. The largest absolute Gasteiger partial charge is 0.346 e. The fourth-order valence-corrected chi connectivity index (χ4v) is 4.06. The summed E-state index contributed by atoms with van der Waals surface area (Å²) in [6.07, 6.45) is 6.53. The molecule has 4 rings (SSSR count). The van der Waals surface area contributed by atoms with Gasteiger partial charge in [0, 0.05) is 31.2 Å². The van der Waals surface area contributed by atoms with Gasteiger partial charge in [-0.2, -0.15) is 0 Å². The summed E-state index contributed by atoms with van der Waals surface area (Å²) in [5.41, 5.74) is 4.61. The van der Waals surface area contributed by atoms with Gasteiger partial charge in [-0.25, -0.2) is 0 Å². The maximum Gasteiger partial charge on any atom is 0.256 e. The average molecular weight is 346 g/mol. The molecule has 1 saturated heterocycles. The van der Waals surface area contributed by atoms with Gasteiger partial charge in [0.25, 0.3) is 5.91 Å². The molecule has 0 spiro atoms. The number of rotatable bonds is 4. The number of piperidine rings is 1. The van der Waals surface area contributed by atoms with Crippen LogP contribution in [0.1, 0.15) is 40.7 Å². The third-order valence-corrected chi connectivity index (χ3v) is 5.46. The predicted molar refractivity (Wildman–Crippen MR) is 107 cm³/mol. The first-order valence-electron chi connectivity index (χ1n) is 9.66. The Morgan fingerprint density at radius 2 is 1.73 bits per heavy atom. The molecule has 2 heterocycles. The molecule has 1 aromatic heterocycles. The van der Waals surface area contributed by atoms with Crippen LogP contribution >= 0.6 is 0 Å². The van der Waals surface area contributed by atoms with Gasteiger partial charge in [0.1, 0.15) is 0 Å². The van der Waals surface area contributed by atoms with E-state index in [9.17, 15) is 4.79 Å². The van der Waals surface area contributed by atoms with Crippen LogP contribution in [0.2, 0.25) is 0 Å². The molecule has 1 aliphatic rings. The van der Waals surface area contributed by atoms with E-state index in [1.165, 1.54) is 23.1 Å². The van der Waals surface area contributed by atoms with Gasteiger partial charge in [-0.15, -0.1) is 0 Å². The van der Waals surface area contributed by atoms with Crippen molar-refractivity contribution in [2.75, 3.05) is 13.1 Å². The molecule has 0 radical (unpaired) electrons. The number of hydrogen-bond donors (Lipinski definition) is 0. The van der Waals surface area contributed by atoms with Crippen LogP contribution in [0.15, 0.2) is 54.7 Å². The highest BCUT2D eigenvalue weighted by atomic mass is 16.2. The van der Waals surface area contributed by atoms with E-state index in [-0.39, 0.29) is 5.91 Å². The molecule has 1 aliphatic heterocycles. The molecule has 3 heteroatoms. The van der Waals surface area contributed by atoms with Crippen molar-refractivity contribution in [3.63, 3.8) is 0 Å². The lowest BCUT2D eigenvalue weighted by Crippen LogP contribution is -2.35. The molecule has 1 fully saturated rings. The summed E-state index contributed by atoms with van der Waals surface area (Å²) in [7, 11) is 0. The highest BCUT2D eigenvalue weighted by Gasteiger charge is 2.22. The van der Waals surface area contributed by atoms with Crippen LogP contribution in [0, 0.1) is 6.92 Å². The molecule has 0 atom stereocenters. The Labute approximate surface area is 155 Å². The molecule has 3 nitrogen and oxygen atoms in total. The van der Waals surface area contributed by atoms with Crippen LogP contribution in [0.4, 0.5) is 0 Å². The maximum atomic E-state index is 13.1. The highest BCUT2D eigenvalue weighted by Crippen LogP contribution is 2.27. The zero-order valence-corrected chi connectivity index (χ0v) is 15.4. The normalized spacial score (nSPS) is 14.7. The van der Waals surface area contributed by atoms with Gasteiger partial charge in [-0.05, 0) is 43.7 Å². The maximum absolute atomic E-state index is 13.1. The Morgan fingerprint density at radius 3 is 2.50 bits per heavy atom. The van der Waals surface area contributed by atoms with E-state index in [4.69, 9.17) is 0 Å². The Balaban J connectivity index is 1.68. The van der Waals surface area contributed by atoms with E-state index in [2.05, 4.69) is 60.2 Å². The summed E-state index contributed by atoms with van der Waals surface area (Å²) in [6, 6.07) is 16.8. The number of carbonyl (C=O) groups excluding carboxylic acids is 1. The van der Waals surface area contributed by atoms with Crippen LogP contribution in [0.3, 0.4) is 0 Å². The number of fused-ring (bicyclic) bond motifs is 1. The van der Waals surface area contributed by atoms with E-state index in [0.717, 1.165) is 49.8 Å². The first kappa shape index (κ1) is 16.9. The summed E-state index contributed by atoms with van der Waals surface area (Å²) in [5, 5.41) is 1.09. The first-order chi connectivity index (χ1) is 12.7. The van der Waals surface area contributed by atoms with Gasteiger partial charge in [-0.3, -0.25) is 4.79 Å². The van der Waals surface area contributed by atoms with Crippen LogP contribution in [-0.2, 0) is 13.0 Å². The first-order valence-corrected chi connectivity index (χ1v) is 9.66. The standard InChI is InChI=1S/C23H26N2O/c1-18-9-8-12-20-21(23(26)24-14-6-3-7-15-24)17-25(22(18)20)16-13-19-10-4-2-5-11-19/h2,4-5,8-12,17H,3,6-7,13-16H2,1H3. The van der Waals surface area contributed by atoms with Gasteiger partial charge >= 0.3 is 0 Å². The van der Waals surface area contributed by atoms with Crippen molar-refractivity contribution in [1.82, 2.24) is 9.47 Å². The van der Waals surface area contributed by atoms with Gasteiger partial charge in [0.15, 0.2) is 0 Å². The van der Waals surface area contributed by atoms with Gasteiger partial charge in [-0.1, -0.05) is 48.5 Å². The van der Waals surface area contributed by atoms with Crippen LogP contribution < -0.4 is 0 Å². The highest BCUT2D eigenvalue weighted by molar-refractivity contribution is 6.07. The van der Waals surface area contributed by atoms with Gasteiger partial charge in [0.2, 0.25) is 0 Å². The summed E-state index contributed by atoms with van der Waals surface area (Å²) < 4.78 is 2.27. The number of aromatic nitrogens is 1. The molecule has 1 amide bonds. The van der Waals surface area contributed by atoms with E-state index in [1.807, 2.05) is 11.0 Å². The number of aryl methyl sites for hydroxylation is 3. The predicted octanol–water partition coefficient (Wildman–Crippen LogP) is 4.82. The van der Waals surface area contributed by atoms with E-state index in [0.29, 0.717) is 0 Å². The Kier molecular flexibility index (Phi) is 4.79. The number of nitrogens with zero attached hydrogens (tertiary/aromatic N) is 2. The number of likely N-dealkylation sites (tertiary alicyclic amines) is 1. The minimum Gasteiger partial charge on any atom is -0.346 e. The minimum absolute atomic E-state index is 0.193. The summed E-state index contributed by atoms with van der Waals surface area (Å²) in [6.45, 7) is 4.80. The lowest BCUT2D eigenvalue weighted by molar-refractivity contribution is 0.0726. The molecule has 0 unspecified atom stereocenters. The van der Waals surface area contributed by atoms with E-state index in [1.54, 1.807) is 0 Å². The second-order valence-corrected chi connectivity index (χ2v) is 7.30. The van der Waals surface area contributed by atoms with Crippen molar-refractivity contribution in [1.29, 1.82) is 0 Å². The molecular formula is C23H26N2O. The smallest absolute Gasteiger partial charge is 0.256 e. The second-order valence-electron chi connectivity index (χ2n) is 7.30. The summed E-state index contributed by atoms with van der Waals surface area (Å²) >= 11 is 0.